The molecule has 0 N–H and O–H groups in total. The van der Waals surface area contributed by atoms with Crippen molar-refractivity contribution in [1.29, 1.82) is 0 Å². The molecule has 3 rings (SSSR count). The normalized spacial score (nSPS) is 19.1. The molecule has 3 nitrogen and oxygen atoms in total. The van der Waals surface area contributed by atoms with Crippen LogP contribution in [0.25, 0.3) is 10.9 Å². The predicted molar refractivity (Wildman–Crippen MR) is 94.1 cm³/mol. The van der Waals surface area contributed by atoms with Crippen LogP contribution >= 0.6 is 0 Å². The van der Waals surface area contributed by atoms with Crippen molar-refractivity contribution in [2.45, 2.75) is 32.4 Å². The lowest BCUT2D eigenvalue weighted by molar-refractivity contribution is 0.121. The number of fused-ring (bicyclic) bond motifs is 1. The van der Waals surface area contributed by atoms with Crippen molar-refractivity contribution in [3.8, 4) is 0 Å². The molecule has 2 heterocycles. The van der Waals surface area contributed by atoms with E-state index in [0.717, 1.165) is 12.5 Å². The summed E-state index contributed by atoms with van der Waals surface area (Å²) in [5.74, 6) is 0.849. The van der Waals surface area contributed by atoms with Crippen LogP contribution in [0.3, 0.4) is 0 Å². The molecule has 1 saturated heterocycles. The first-order chi connectivity index (χ1) is 10.5. The van der Waals surface area contributed by atoms with E-state index in [2.05, 4.69) is 72.9 Å². The molecule has 0 aliphatic carbocycles. The smallest absolute Gasteiger partial charge is 0.0480 e. The van der Waals surface area contributed by atoms with Crippen molar-refractivity contribution in [3.63, 3.8) is 0 Å². The summed E-state index contributed by atoms with van der Waals surface area (Å²) in [5.41, 5.74) is 2.78. The third-order valence-electron chi connectivity index (χ3n) is 5.49. The molecule has 3 heteroatoms. The number of likely N-dealkylation sites (tertiary alicyclic amines) is 1. The summed E-state index contributed by atoms with van der Waals surface area (Å²) < 4.78 is 2.21. The second-order valence-electron chi connectivity index (χ2n) is 7.14. The first kappa shape index (κ1) is 15.6. The SMILES string of the molecule is CC(C1CCN(Cc2ccc3ccn(C)c3c2)CC1)N(C)C. The van der Waals surface area contributed by atoms with Crippen molar-refractivity contribution in [2.24, 2.45) is 13.0 Å². The van der Waals surface area contributed by atoms with Gasteiger partial charge in [-0.2, -0.15) is 0 Å². The second-order valence-corrected chi connectivity index (χ2v) is 7.14. The number of aryl methyl sites for hydroxylation is 1. The van der Waals surface area contributed by atoms with Crippen LogP contribution in [-0.2, 0) is 13.6 Å². The Morgan fingerprint density at radius 2 is 1.91 bits per heavy atom. The Labute approximate surface area is 134 Å². The maximum Gasteiger partial charge on any atom is 0.0480 e. The summed E-state index contributed by atoms with van der Waals surface area (Å²) in [5, 5.41) is 1.34. The lowest BCUT2D eigenvalue weighted by atomic mass is 9.89. The second kappa shape index (κ2) is 6.43. The molecule has 2 aromatic rings. The zero-order chi connectivity index (χ0) is 15.7. The van der Waals surface area contributed by atoms with Crippen LogP contribution < -0.4 is 0 Å². The number of rotatable bonds is 4. The van der Waals surface area contributed by atoms with Gasteiger partial charge in [-0.05, 0) is 76.0 Å². The average molecular weight is 299 g/mol. The largest absolute Gasteiger partial charge is 0.351 e. The van der Waals surface area contributed by atoms with Crippen LogP contribution in [0.2, 0.25) is 0 Å². The summed E-state index contributed by atoms with van der Waals surface area (Å²) >= 11 is 0. The number of hydrogen-bond donors (Lipinski definition) is 0. The zero-order valence-electron chi connectivity index (χ0n) is 14.4. The molecule has 1 atom stereocenters. The fourth-order valence-corrected chi connectivity index (χ4v) is 3.68. The van der Waals surface area contributed by atoms with Gasteiger partial charge in [-0.3, -0.25) is 4.90 Å². The number of piperidine rings is 1. The van der Waals surface area contributed by atoms with E-state index in [1.54, 1.807) is 0 Å². The molecule has 0 amide bonds. The van der Waals surface area contributed by atoms with Crippen LogP contribution in [0.5, 0.6) is 0 Å². The van der Waals surface area contributed by atoms with Crippen LogP contribution in [-0.4, -0.2) is 47.6 Å². The minimum atomic E-state index is 0.696. The minimum Gasteiger partial charge on any atom is -0.351 e. The van der Waals surface area contributed by atoms with Gasteiger partial charge in [0.15, 0.2) is 0 Å². The van der Waals surface area contributed by atoms with Gasteiger partial charge in [-0.25, -0.2) is 0 Å². The van der Waals surface area contributed by atoms with Gasteiger partial charge < -0.3 is 9.47 Å². The van der Waals surface area contributed by atoms with Gasteiger partial charge in [0, 0.05) is 31.3 Å². The van der Waals surface area contributed by atoms with Crippen molar-refractivity contribution in [3.05, 3.63) is 36.0 Å². The van der Waals surface area contributed by atoms with E-state index in [4.69, 9.17) is 0 Å². The molecule has 1 aromatic heterocycles. The number of benzene rings is 1. The number of nitrogens with zero attached hydrogens (tertiary/aromatic N) is 3. The quantitative estimate of drug-likeness (QED) is 0.858. The fraction of sp³-hybridized carbons (Fsp3) is 0.579. The van der Waals surface area contributed by atoms with Crippen LogP contribution in [0.15, 0.2) is 30.5 Å². The van der Waals surface area contributed by atoms with Crippen LogP contribution in [0, 0.1) is 5.92 Å². The van der Waals surface area contributed by atoms with E-state index in [0.29, 0.717) is 6.04 Å². The van der Waals surface area contributed by atoms with Gasteiger partial charge in [-0.1, -0.05) is 12.1 Å². The lowest BCUT2D eigenvalue weighted by Crippen LogP contribution is -2.41. The van der Waals surface area contributed by atoms with E-state index >= 15 is 0 Å². The number of aromatic nitrogens is 1. The van der Waals surface area contributed by atoms with Crippen molar-refractivity contribution < 1.29 is 0 Å². The molecule has 1 aliphatic rings. The first-order valence-electron chi connectivity index (χ1n) is 8.47. The fourth-order valence-electron chi connectivity index (χ4n) is 3.68. The highest BCUT2D eigenvalue weighted by Gasteiger charge is 2.24. The molecule has 1 aliphatic heterocycles. The molecule has 0 spiro atoms. The number of hydrogen-bond acceptors (Lipinski definition) is 2. The van der Waals surface area contributed by atoms with E-state index in [9.17, 15) is 0 Å². The van der Waals surface area contributed by atoms with E-state index in [1.165, 1.54) is 42.4 Å². The standard InChI is InChI=1S/C19H29N3/c1-15(20(2)3)17-8-11-22(12-9-17)14-16-5-6-18-7-10-21(4)19(18)13-16/h5-7,10,13,15,17H,8-9,11-12,14H2,1-4H3. The summed E-state index contributed by atoms with van der Waals surface area (Å²) in [6.07, 6.45) is 4.79. The Morgan fingerprint density at radius 1 is 1.18 bits per heavy atom. The van der Waals surface area contributed by atoms with Crippen LogP contribution in [0.4, 0.5) is 0 Å². The van der Waals surface area contributed by atoms with E-state index < -0.39 is 0 Å². The maximum atomic E-state index is 2.61. The third-order valence-corrected chi connectivity index (χ3v) is 5.49. The summed E-state index contributed by atoms with van der Waals surface area (Å²) in [4.78, 5) is 4.98. The highest BCUT2D eigenvalue weighted by atomic mass is 15.1. The summed E-state index contributed by atoms with van der Waals surface area (Å²) in [6, 6.07) is 9.78. The highest BCUT2D eigenvalue weighted by molar-refractivity contribution is 5.80. The molecule has 0 saturated carbocycles. The minimum absolute atomic E-state index is 0.696. The molecule has 1 aromatic carbocycles. The predicted octanol–water partition coefficient (Wildman–Crippen LogP) is 3.34. The molecule has 1 unspecified atom stereocenters. The molecular weight excluding hydrogens is 270 g/mol. The Hall–Kier alpha value is -1.32. The van der Waals surface area contributed by atoms with Gasteiger partial charge in [-0.15, -0.1) is 0 Å². The summed E-state index contributed by atoms with van der Waals surface area (Å²) in [7, 11) is 6.53. The zero-order valence-corrected chi connectivity index (χ0v) is 14.4. The Balaban J connectivity index is 1.61. The van der Waals surface area contributed by atoms with Gasteiger partial charge in [0.05, 0.1) is 0 Å². The topological polar surface area (TPSA) is 11.4 Å². The Morgan fingerprint density at radius 3 is 2.59 bits per heavy atom. The van der Waals surface area contributed by atoms with Gasteiger partial charge >= 0.3 is 0 Å². The van der Waals surface area contributed by atoms with E-state index in [-0.39, 0.29) is 0 Å². The first-order valence-corrected chi connectivity index (χ1v) is 8.47. The Kier molecular flexibility index (Phi) is 4.55. The monoisotopic (exact) mass is 299 g/mol. The average Bonchev–Trinajstić information content (AvgIpc) is 2.88. The molecular formula is C19H29N3. The molecule has 0 radical (unpaired) electrons. The van der Waals surface area contributed by atoms with Gasteiger partial charge in [0.1, 0.15) is 0 Å². The maximum absolute atomic E-state index is 2.61. The summed E-state index contributed by atoms with van der Waals surface area (Å²) in [6.45, 7) is 5.91. The van der Waals surface area contributed by atoms with Gasteiger partial charge in [0.25, 0.3) is 0 Å². The van der Waals surface area contributed by atoms with E-state index in [1.807, 2.05) is 0 Å². The Bertz CT molecular complexity index is 621. The molecule has 22 heavy (non-hydrogen) atoms. The molecule has 1 fully saturated rings. The van der Waals surface area contributed by atoms with Crippen molar-refractivity contribution >= 4 is 10.9 Å². The molecule has 120 valence electrons. The lowest BCUT2D eigenvalue weighted by Gasteiger charge is -2.37. The van der Waals surface area contributed by atoms with Crippen molar-refractivity contribution in [2.75, 3.05) is 27.2 Å². The molecule has 0 bridgehead atoms. The van der Waals surface area contributed by atoms with Crippen LogP contribution in [0.1, 0.15) is 25.3 Å². The van der Waals surface area contributed by atoms with Gasteiger partial charge in [0.2, 0.25) is 0 Å². The highest BCUT2D eigenvalue weighted by Crippen LogP contribution is 2.25. The van der Waals surface area contributed by atoms with Crippen molar-refractivity contribution in [1.82, 2.24) is 14.4 Å². The third kappa shape index (κ3) is 3.21.